The molecule has 9 aromatic rings. The van der Waals surface area contributed by atoms with Crippen molar-refractivity contribution in [1.82, 2.24) is 4.57 Å². The molecule has 0 bridgehead atoms. The van der Waals surface area contributed by atoms with E-state index < -0.39 is 8.07 Å². The number of benzene rings is 7. The van der Waals surface area contributed by atoms with Crippen LogP contribution in [0.15, 0.2) is 176 Å². The van der Waals surface area contributed by atoms with E-state index in [4.69, 9.17) is 0 Å². The van der Waals surface area contributed by atoms with Crippen molar-refractivity contribution in [3.63, 3.8) is 0 Å². The van der Waals surface area contributed by atoms with Gasteiger partial charge >= 0.3 is 0 Å². The van der Waals surface area contributed by atoms with Crippen LogP contribution in [0.3, 0.4) is 0 Å². The van der Waals surface area contributed by atoms with Crippen molar-refractivity contribution < 1.29 is 0 Å². The van der Waals surface area contributed by atoms with Crippen LogP contribution in [-0.2, 0) is 0 Å². The lowest BCUT2D eigenvalue weighted by atomic mass is 10.1. The van der Waals surface area contributed by atoms with E-state index in [0.717, 1.165) is 0 Å². The topological polar surface area (TPSA) is 4.93 Å². The molecular formula is C42H29NSSi. The third-order valence-corrected chi connectivity index (χ3v) is 15.3. The molecule has 0 saturated heterocycles. The second kappa shape index (κ2) is 10.4. The number of nitrogens with zero attached hydrogens (tertiary/aromatic N) is 1. The number of hydrogen-bond donors (Lipinski definition) is 0. The Bertz CT molecular complexity index is 2380. The highest BCUT2D eigenvalue weighted by atomic mass is 32.1. The molecule has 45 heavy (non-hydrogen) atoms. The second-order valence-corrected chi connectivity index (χ2v) is 16.5. The molecule has 0 fully saturated rings. The molecule has 0 amide bonds. The smallest absolute Gasteiger partial charge is 0.179 e. The molecule has 0 spiro atoms. The molecule has 0 saturated carbocycles. The van der Waals surface area contributed by atoms with Crippen LogP contribution in [0.2, 0.25) is 0 Å². The largest absolute Gasteiger partial charge is 0.309 e. The highest BCUT2D eigenvalue weighted by Gasteiger charge is 2.41. The quantitative estimate of drug-likeness (QED) is 0.137. The Balaban J connectivity index is 1.37. The fourth-order valence-corrected chi connectivity index (χ4v) is 13.5. The minimum absolute atomic E-state index is 1.19. The van der Waals surface area contributed by atoms with Crippen LogP contribution in [0.1, 0.15) is 0 Å². The average Bonchev–Trinajstić information content (AvgIpc) is 3.66. The molecule has 0 radical (unpaired) electrons. The van der Waals surface area contributed by atoms with Crippen molar-refractivity contribution in [2.45, 2.75) is 0 Å². The molecule has 2 aromatic heterocycles. The normalized spacial score (nSPS) is 12.0. The van der Waals surface area contributed by atoms with Gasteiger partial charge in [-0.05, 0) is 51.1 Å². The molecule has 2 heterocycles. The van der Waals surface area contributed by atoms with Crippen LogP contribution in [0.25, 0.3) is 47.7 Å². The maximum atomic E-state index is 2.48. The summed E-state index contributed by atoms with van der Waals surface area (Å²) in [6.45, 7) is 0. The Hall–Kier alpha value is -5.22. The lowest BCUT2D eigenvalue weighted by Crippen LogP contribution is -2.74. The molecule has 0 N–H and O–H groups in total. The molecule has 0 aliphatic carbocycles. The number of hydrogen-bond acceptors (Lipinski definition) is 1. The fraction of sp³-hybridized carbons (Fsp3) is 0. The summed E-state index contributed by atoms with van der Waals surface area (Å²) in [6.07, 6.45) is 0. The lowest BCUT2D eigenvalue weighted by Gasteiger charge is -2.34. The highest BCUT2D eigenvalue weighted by Crippen LogP contribution is 2.43. The zero-order valence-corrected chi connectivity index (χ0v) is 26.4. The summed E-state index contributed by atoms with van der Waals surface area (Å²) in [7, 11) is -2.66. The molecule has 212 valence electrons. The van der Waals surface area contributed by atoms with Gasteiger partial charge in [-0.1, -0.05) is 146 Å². The first-order chi connectivity index (χ1) is 22.3. The van der Waals surface area contributed by atoms with E-state index in [2.05, 4.69) is 180 Å². The van der Waals surface area contributed by atoms with Crippen molar-refractivity contribution in [2.75, 3.05) is 0 Å². The molecule has 3 heteroatoms. The number of thiophene rings is 1. The van der Waals surface area contributed by atoms with Gasteiger partial charge in [-0.2, -0.15) is 0 Å². The summed E-state index contributed by atoms with van der Waals surface area (Å²) in [5.74, 6) is 0. The molecule has 0 atom stereocenters. The van der Waals surface area contributed by atoms with Gasteiger partial charge in [0, 0.05) is 36.6 Å². The summed E-state index contributed by atoms with van der Waals surface area (Å²) < 4.78 is 5.18. The Kier molecular flexibility index (Phi) is 6.08. The van der Waals surface area contributed by atoms with Gasteiger partial charge < -0.3 is 4.57 Å². The Morgan fingerprint density at radius 2 is 0.956 bits per heavy atom. The number of para-hydroxylation sites is 1. The molecule has 1 nitrogen and oxygen atoms in total. The van der Waals surface area contributed by atoms with Crippen molar-refractivity contribution in [3.05, 3.63) is 176 Å². The Labute approximate surface area is 267 Å². The van der Waals surface area contributed by atoms with Crippen LogP contribution in [-0.4, -0.2) is 12.6 Å². The van der Waals surface area contributed by atoms with E-state index >= 15 is 0 Å². The van der Waals surface area contributed by atoms with Gasteiger partial charge in [-0.3, -0.25) is 0 Å². The minimum Gasteiger partial charge on any atom is -0.309 e. The predicted octanol–water partition coefficient (Wildman–Crippen LogP) is 8.53. The summed E-state index contributed by atoms with van der Waals surface area (Å²) in [5, 5.41) is 10.8. The van der Waals surface area contributed by atoms with Gasteiger partial charge in [-0.15, -0.1) is 11.3 Å². The predicted molar refractivity (Wildman–Crippen MR) is 197 cm³/mol. The van der Waals surface area contributed by atoms with Crippen LogP contribution in [0, 0.1) is 0 Å². The third-order valence-electron chi connectivity index (χ3n) is 9.34. The van der Waals surface area contributed by atoms with Crippen LogP contribution >= 0.6 is 11.3 Å². The fourth-order valence-electron chi connectivity index (χ4n) is 7.46. The van der Waals surface area contributed by atoms with E-state index in [0.29, 0.717) is 0 Å². The first kappa shape index (κ1) is 26.2. The highest BCUT2D eigenvalue weighted by molar-refractivity contribution is 7.26. The van der Waals surface area contributed by atoms with Gasteiger partial charge in [-0.25, -0.2) is 0 Å². The van der Waals surface area contributed by atoms with Gasteiger partial charge in [0.1, 0.15) is 0 Å². The standard InChI is InChI=1S/C42H29NSSi/c1-4-16-31(17-5-1)45(32-18-6-2-7-19-32,33-20-8-3-9-21-33)34-22-14-15-30(29-34)43-38-25-12-10-24-37(38)41-39(43)28-27-36-35-23-11-13-26-40(35)44-42(36)41/h1-29H. The van der Waals surface area contributed by atoms with E-state index in [9.17, 15) is 0 Å². The lowest BCUT2D eigenvalue weighted by molar-refractivity contribution is 1.18. The monoisotopic (exact) mass is 607 g/mol. The SMILES string of the molecule is c1ccc([Si](c2ccccc2)(c2ccccc2)c2cccc(-n3c4ccccc4c4c5sc6ccccc6c5ccc43)c2)cc1. The maximum Gasteiger partial charge on any atom is 0.179 e. The van der Waals surface area contributed by atoms with Gasteiger partial charge in [0.15, 0.2) is 8.07 Å². The van der Waals surface area contributed by atoms with Crippen molar-refractivity contribution >= 4 is 82.1 Å². The van der Waals surface area contributed by atoms with Crippen molar-refractivity contribution in [3.8, 4) is 5.69 Å². The Morgan fingerprint density at radius 3 is 1.62 bits per heavy atom. The van der Waals surface area contributed by atoms with E-state index in [1.165, 1.54) is 68.4 Å². The van der Waals surface area contributed by atoms with Crippen molar-refractivity contribution in [2.24, 2.45) is 0 Å². The summed E-state index contributed by atoms with van der Waals surface area (Å²) in [6, 6.07) is 65.2. The molecule has 0 aliphatic rings. The molecule has 9 rings (SSSR count). The molecule has 0 aliphatic heterocycles. The average molecular weight is 608 g/mol. The summed E-state index contributed by atoms with van der Waals surface area (Å²) >= 11 is 1.91. The zero-order chi connectivity index (χ0) is 29.8. The van der Waals surface area contributed by atoms with Crippen molar-refractivity contribution in [1.29, 1.82) is 0 Å². The summed E-state index contributed by atoms with van der Waals surface area (Å²) in [4.78, 5) is 0. The Morgan fingerprint density at radius 1 is 0.400 bits per heavy atom. The van der Waals surface area contributed by atoms with Crippen LogP contribution in [0.5, 0.6) is 0 Å². The number of fused-ring (bicyclic) bond motifs is 7. The third kappa shape index (κ3) is 3.91. The summed E-state index contributed by atoms with van der Waals surface area (Å²) in [5.41, 5.74) is 3.68. The van der Waals surface area contributed by atoms with Gasteiger partial charge in [0.25, 0.3) is 0 Å². The molecule has 0 unspecified atom stereocenters. The second-order valence-electron chi connectivity index (χ2n) is 11.7. The van der Waals surface area contributed by atoms with Crippen LogP contribution in [0.4, 0.5) is 0 Å². The number of aromatic nitrogens is 1. The molecular weight excluding hydrogens is 579 g/mol. The number of rotatable bonds is 5. The van der Waals surface area contributed by atoms with Crippen LogP contribution < -0.4 is 20.7 Å². The van der Waals surface area contributed by atoms with E-state index in [1.54, 1.807) is 0 Å². The first-order valence-electron chi connectivity index (χ1n) is 15.4. The van der Waals surface area contributed by atoms with Gasteiger partial charge in [0.2, 0.25) is 0 Å². The minimum atomic E-state index is -2.66. The van der Waals surface area contributed by atoms with E-state index in [-0.39, 0.29) is 0 Å². The van der Waals surface area contributed by atoms with Gasteiger partial charge in [0.05, 0.1) is 11.0 Å². The molecule has 7 aromatic carbocycles. The first-order valence-corrected chi connectivity index (χ1v) is 18.3. The zero-order valence-electron chi connectivity index (χ0n) is 24.6. The van der Waals surface area contributed by atoms with E-state index in [1.807, 2.05) is 11.3 Å². The maximum absolute atomic E-state index is 2.66.